The van der Waals surface area contributed by atoms with E-state index in [2.05, 4.69) is 0 Å². The third-order valence-electron chi connectivity index (χ3n) is 3.01. The molecule has 0 saturated carbocycles. The smallest absolute Gasteiger partial charge is 0.307 e. The molecular weight excluding hydrogens is 318 g/mol. The molecule has 0 heterocycles. The van der Waals surface area contributed by atoms with Gasteiger partial charge >= 0.3 is 5.97 Å². The SMILES string of the molecule is CCOC(=O)CCN(CC(C)C)C(=O)COc1ccc(Cl)cc1. The second-order valence-corrected chi connectivity index (χ2v) is 5.97. The molecule has 0 aliphatic carbocycles. The van der Waals surface area contributed by atoms with Crippen LogP contribution >= 0.6 is 11.6 Å². The Hall–Kier alpha value is -1.75. The second-order valence-electron chi connectivity index (χ2n) is 5.53. The molecule has 6 heteroatoms. The Balaban J connectivity index is 2.53. The number of carbonyl (C=O) groups excluding carboxylic acids is 2. The summed E-state index contributed by atoms with van der Waals surface area (Å²) in [6, 6.07) is 6.82. The highest BCUT2D eigenvalue weighted by atomic mass is 35.5. The Morgan fingerprint density at radius 1 is 1.22 bits per heavy atom. The van der Waals surface area contributed by atoms with Crippen LogP contribution in [0.5, 0.6) is 5.75 Å². The molecule has 1 aromatic carbocycles. The lowest BCUT2D eigenvalue weighted by Gasteiger charge is -2.24. The van der Waals surface area contributed by atoms with E-state index in [4.69, 9.17) is 21.1 Å². The predicted octanol–water partition coefficient (Wildman–Crippen LogP) is 3.16. The number of halogens is 1. The summed E-state index contributed by atoms with van der Waals surface area (Å²) in [6.07, 6.45) is 0.188. The highest BCUT2D eigenvalue weighted by Crippen LogP contribution is 2.15. The van der Waals surface area contributed by atoms with Crippen molar-refractivity contribution in [3.8, 4) is 5.75 Å². The van der Waals surface area contributed by atoms with Crippen molar-refractivity contribution in [2.45, 2.75) is 27.2 Å². The summed E-state index contributed by atoms with van der Waals surface area (Å²) in [4.78, 5) is 25.4. The second kappa shape index (κ2) is 10.1. The van der Waals surface area contributed by atoms with Crippen molar-refractivity contribution < 1.29 is 19.1 Å². The Morgan fingerprint density at radius 2 is 1.87 bits per heavy atom. The van der Waals surface area contributed by atoms with E-state index in [-0.39, 0.29) is 24.9 Å². The zero-order valence-corrected chi connectivity index (χ0v) is 14.6. The maximum Gasteiger partial charge on any atom is 0.307 e. The molecule has 0 unspecified atom stereocenters. The van der Waals surface area contributed by atoms with Gasteiger partial charge in [-0.1, -0.05) is 25.4 Å². The summed E-state index contributed by atoms with van der Waals surface area (Å²) in [7, 11) is 0. The van der Waals surface area contributed by atoms with E-state index in [1.165, 1.54) is 0 Å². The van der Waals surface area contributed by atoms with Crippen molar-refractivity contribution >= 4 is 23.5 Å². The van der Waals surface area contributed by atoms with Gasteiger partial charge in [0.15, 0.2) is 6.61 Å². The first-order chi connectivity index (χ1) is 10.9. The number of amides is 1. The van der Waals surface area contributed by atoms with Gasteiger partial charge < -0.3 is 14.4 Å². The molecule has 0 radical (unpaired) electrons. The summed E-state index contributed by atoms with van der Waals surface area (Å²) in [5.41, 5.74) is 0. The minimum atomic E-state index is -0.298. The van der Waals surface area contributed by atoms with Gasteiger partial charge in [-0.3, -0.25) is 9.59 Å². The van der Waals surface area contributed by atoms with Crippen molar-refractivity contribution in [1.82, 2.24) is 4.90 Å². The van der Waals surface area contributed by atoms with Crippen LogP contribution < -0.4 is 4.74 Å². The van der Waals surface area contributed by atoms with Crippen LogP contribution in [0.1, 0.15) is 27.2 Å². The fourth-order valence-electron chi connectivity index (χ4n) is 1.99. The van der Waals surface area contributed by atoms with E-state index in [1.807, 2.05) is 13.8 Å². The predicted molar refractivity (Wildman–Crippen MR) is 89.6 cm³/mol. The van der Waals surface area contributed by atoms with E-state index >= 15 is 0 Å². The van der Waals surface area contributed by atoms with Crippen LogP contribution in [0.15, 0.2) is 24.3 Å². The van der Waals surface area contributed by atoms with Crippen molar-refractivity contribution in [3.63, 3.8) is 0 Å². The van der Waals surface area contributed by atoms with Crippen LogP contribution in [0, 0.1) is 5.92 Å². The Labute approximate surface area is 142 Å². The van der Waals surface area contributed by atoms with Gasteiger partial charge in [-0.15, -0.1) is 0 Å². The largest absolute Gasteiger partial charge is 0.484 e. The first-order valence-corrected chi connectivity index (χ1v) is 8.12. The highest BCUT2D eigenvalue weighted by Gasteiger charge is 2.17. The molecule has 0 saturated heterocycles. The fourth-order valence-corrected chi connectivity index (χ4v) is 2.11. The van der Waals surface area contributed by atoms with Gasteiger partial charge in [0.1, 0.15) is 5.75 Å². The Bertz CT molecular complexity index is 502. The lowest BCUT2D eigenvalue weighted by Crippen LogP contribution is -2.39. The molecule has 128 valence electrons. The van der Waals surface area contributed by atoms with Crippen LogP contribution in [0.3, 0.4) is 0 Å². The number of hydrogen-bond acceptors (Lipinski definition) is 4. The van der Waals surface area contributed by atoms with Gasteiger partial charge in [0.05, 0.1) is 13.0 Å². The number of ether oxygens (including phenoxy) is 2. The number of nitrogens with zero attached hydrogens (tertiary/aromatic N) is 1. The lowest BCUT2D eigenvalue weighted by atomic mass is 10.2. The lowest BCUT2D eigenvalue weighted by molar-refractivity contribution is -0.144. The molecule has 5 nitrogen and oxygen atoms in total. The monoisotopic (exact) mass is 341 g/mol. The van der Waals surface area contributed by atoms with E-state index in [0.717, 1.165) is 0 Å². The summed E-state index contributed by atoms with van der Waals surface area (Å²) < 4.78 is 10.4. The van der Waals surface area contributed by atoms with Gasteiger partial charge in [0.2, 0.25) is 0 Å². The maximum atomic E-state index is 12.3. The van der Waals surface area contributed by atoms with Crippen molar-refractivity contribution in [3.05, 3.63) is 29.3 Å². The standard InChI is InChI=1S/C17H24ClNO4/c1-4-22-17(21)9-10-19(11-13(2)3)16(20)12-23-15-7-5-14(18)6-8-15/h5-8,13H,4,9-12H2,1-3H3. The molecule has 1 aromatic rings. The third kappa shape index (κ3) is 7.88. The quantitative estimate of drug-likeness (QED) is 0.647. The van der Waals surface area contributed by atoms with Crippen LogP contribution in [0.25, 0.3) is 0 Å². The van der Waals surface area contributed by atoms with Gasteiger partial charge in [-0.05, 0) is 37.1 Å². The summed E-state index contributed by atoms with van der Waals surface area (Å²) in [6.45, 7) is 6.97. The number of rotatable bonds is 9. The summed E-state index contributed by atoms with van der Waals surface area (Å²) in [5, 5.41) is 0.611. The fraction of sp³-hybridized carbons (Fsp3) is 0.529. The summed E-state index contributed by atoms with van der Waals surface area (Å²) >= 11 is 5.80. The molecule has 0 atom stereocenters. The normalized spacial score (nSPS) is 10.5. The van der Waals surface area contributed by atoms with E-state index in [1.54, 1.807) is 36.1 Å². The summed E-state index contributed by atoms with van der Waals surface area (Å²) in [5.74, 6) is 0.431. The minimum absolute atomic E-state index is 0.0722. The average Bonchev–Trinajstić information content (AvgIpc) is 2.50. The van der Waals surface area contributed by atoms with Crippen LogP contribution in [-0.4, -0.2) is 43.1 Å². The van der Waals surface area contributed by atoms with Crippen LogP contribution in [0.2, 0.25) is 5.02 Å². The maximum absolute atomic E-state index is 12.3. The topological polar surface area (TPSA) is 55.8 Å². The van der Waals surface area contributed by atoms with Crippen molar-refractivity contribution in [1.29, 1.82) is 0 Å². The molecule has 0 N–H and O–H groups in total. The van der Waals surface area contributed by atoms with Crippen molar-refractivity contribution in [2.75, 3.05) is 26.3 Å². The number of benzene rings is 1. The van der Waals surface area contributed by atoms with Gasteiger partial charge in [0.25, 0.3) is 5.91 Å². The minimum Gasteiger partial charge on any atom is -0.484 e. The molecule has 1 amide bonds. The Morgan fingerprint density at radius 3 is 2.43 bits per heavy atom. The molecular formula is C17H24ClNO4. The molecule has 0 bridgehead atoms. The van der Waals surface area contributed by atoms with E-state index in [9.17, 15) is 9.59 Å². The molecule has 1 rings (SSSR count). The zero-order chi connectivity index (χ0) is 17.2. The molecule has 0 aliphatic rings. The number of esters is 1. The highest BCUT2D eigenvalue weighted by molar-refractivity contribution is 6.30. The Kier molecular flexibility index (Phi) is 8.48. The number of hydrogen-bond donors (Lipinski definition) is 0. The molecule has 0 fully saturated rings. The first-order valence-electron chi connectivity index (χ1n) is 7.74. The van der Waals surface area contributed by atoms with Gasteiger partial charge in [-0.2, -0.15) is 0 Å². The van der Waals surface area contributed by atoms with E-state index in [0.29, 0.717) is 36.4 Å². The van der Waals surface area contributed by atoms with Gasteiger partial charge in [-0.25, -0.2) is 0 Å². The van der Waals surface area contributed by atoms with Gasteiger partial charge in [0, 0.05) is 18.1 Å². The van der Waals surface area contributed by atoms with Crippen LogP contribution in [0.4, 0.5) is 0 Å². The molecule has 0 aliphatic heterocycles. The molecule has 0 spiro atoms. The van der Waals surface area contributed by atoms with E-state index < -0.39 is 0 Å². The van der Waals surface area contributed by atoms with Crippen molar-refractivity contribution in [2.24, 2.45) is 5.92 Å². The average molecular weight is 342 g/mol. The number of carbonyl (C=O) groups is 2. The van der Waals surface area contributed by atoms with Crippen LogP contribution in [-0.2, 0) is 14.3 Å². The zero-order valence-electron chi connectivity index (χ0n) is 13.9. The molecule has 23 heavy (non-hydrogen) atoms. The molecule has 0 aromatic heterocycles. The first kappa shape index (κ1) is 19.3. The third-order valence-corrected chi connectivity index (χ3v) is 3.26.